The van der Waals surface area contributed by atoms with E-state index in [1.807, 2.05) is 0 Å². The molecular formula is C23H16ClF4N3O2. The predicted octanol–water partition coefficient (Wildman–Crippen LogP) is 5.81. The van der Waals surface area contributed by atoms with E-state index in [-0.39, 0.29) is 34.1 Å². The molecule has 2 aromatic carbocycles. The van der Waals surface area contributed by atoms with Crippen LogP contribution in [0.25, 0.3) is 11.1 Å². The Kier molecular flexibility index (Phi) is 6.33. The molecule has 170 valence electrons. The minimum absolute atomic E-state index is 0.0449. The summed E-state index contributed by atoms with van der Waals surface area (Å²) in [7, 11) is 0. The molecule has 10 heteroatoms. The minimum Gasteiger partial charge on any atom is -0.325 e. The van der Waals surface area contributed by atoms with Gasteiger partial charge >= 0.3 is 0 Å². The van der Waals surface area contributed by atoms with Crippen LogP contribution in [-0.2, 0) is 16.0 Å². The maximum Gasteiger partial charge on any atom is 0.280 e. The number of pyridine rings is 1. The number of benzene rings is 2. The van der Waals surface area contributed by atoms with Crippen molar-refractivity contribution in [3.05, 3.63) is 76.6 Å². The summed E-state index contributed by atoms with van der Waals surface area (Å²) in [6.07, 6.45) is -5.67. The van der Waals surface area contributed by atoms with Crippen LogP contribution in [0.5, 0.6) is 0 Å². The van der Waals surface area contributed by atoms with Gasteiger partial charge in [-0.05, 0) is 29.3 Å². The first kappa shape index (κ1) is 22.7. The number of fused-ring (bicyclic) bond motifs is 3. The third kappa shape index (κ3) is 4.68. The molecule has 1 N–H and O–H groups in total. The van der Waals surface area contributed by atoms with E-state index < -0.39 is 36.9 Å². The fourth-order valence-corrected chi connectivity index (χ4v) is 3.93. The second-order valence-electron chi connectivity index (χ2n) is 7.32. The molecule has 0 fully saturated rings. The molecule has 0 aliphatic carbocycles. The Bertz CT molecular complexity index is 1220. The van der Waals surface area contributed by atoms with Crippen molar-refractivity contribution in [2.45, 2.75) is 19.3 Å². The number of hydrogen-bond acceptors (Lipinski definition) is 3. The van der Waals surface area contributed by atoms with Crippen molar-refractivity contribution in [1.82, 2.24) is 4.98 Å². The number of amides is 2. The lowest BCUT2D eigenvalue weighted by molar-refractivity contribution is -0.121. The summed E-state index contributed by atoms with van der Waals surface area (Å²) in [4.78, 5) is 30.6. The molecule has 33 heavy (non-hydrogen) atoms. The quantitative estimate of drug-likeness (QED) is 0.373. The summed E-state index contributed by atoms with van der Waals surface area (Å²) in [6.45, 7) is -0.501. The average molecular weight is 478 g/mol. The summed E-state index contributed by atoms with van der Waals surface area (Å²) in [5, 5.41) is 2.32. The molecule has 0 unspecified atom stereocenters. The number of aromatic nitrogens is 1. The molecular weight excluding hydrogens is 462 g/mol. The van der Waals surface area contributed by atoms with Crippen LogP contribution in [-0.4, -0.2) is 23.3 Å². The molecule has 5 nitrogen and oxygen atoms in total. The summed E-state index contributed by atoms with van der Waals surface area (Å²) >= 11 is 6.27. The van der Waals surface area contributed by atoms with E-state index in [0.717, 1.165) is 11.0 Å². The summed E-state index contributed by atoms with van der Waals surface area (Å²) in [5.74, 6) is -1.14. The van der Waals surface area contributed by atoms with Gasteiger partial charge in [0.25, 0.3) is 12.9 Å². The monoisotopic (exact) mass is 477 g/mol. The molecule has 3 aromatic rings. The Balaban J connectivity index is 1.70. The van der Waals surface area contributed by atoms with Gasteiger partial charge in [0.15, 0.2) is 0 Å². The third-order valence-electron chi connectivity index (χ3n) is 5.17. The SMILES string of the molecule is O=C(CN1C(=O)Cc2ccccc2-c2c1cc(C(F)F)nc2Cl)Nc1ccc(C(F)F)cc1. The molecule has 1 aliphatic rings. The maximum absolute atomic E-state index is 13.4. The zero-order valence-corrected chi connectivity index (χ0v) is 17.6. The molecule has 0 atom stereocenters. The Morgan fingerprint density at radius 3 is 2.42 bits per heavy atom. The standard InChI is InChI=1S/C23H16ClF4N3O2/c24-21-20-15-4-2-1-3-13(15)9-19(33)31(17(20)10-16(30-21)23(27)28)11-18(32)29-14-7-5-12(6-8-14)22(25)26/h1-8,10,22-23H,9,11H2,(H,29,32). The van der Waals surface area contributed by atoms with Gasteiger partial charge in [0.2, 0.25) is 11.8 Å². The van der Waals surface area contributed by atoms with Crippen molar-refractivity contribution in [3.8, 4) is 11.1 Å². The number of rotatable bonds is 5. The first-order valence-corrected chi connectivity index (χ1v) is 10.2. The highest BCUT2D eigenvalue weighted by Crippen LogP contribution is 2.42. The van der Waals surface area contributed by atoms with Crippen LogP contribution in [0.2, 0.25) is 5.15 Å². The lowest BCUT2D eigenvalue weighted by Gasteiger charge is -2.23. The van der Waals surface area contributed by atoms with Gasteiger partial charge in [-0.25, -0.2) is 22.5 Å². The van der Waals surface area contributed by atoms with Gasteiger partial charge < -0.3 is 10.2 Å². The number of carbonyl (C=O) groups excluding carboxylic acids is 2. The highest BCUT2D eigenvalue weighted by molar-refractivity contribution is 6.33. The average Bonchev–Trinajstić information content (AvgIpc) is 2.89. The van der Waals surface area contributed by atoms with E-state index in [9.17, 15) is 27.2 Å². The maximum atomic E-state index is 13.4. The number of carbonyl (C=O) groups is 2. The molecule has 1 aliphatic heterocycles. The number of hydrogen-bond donors (Lipinski definition) is 1. The number of alkyl halides is 4. The summed E-state index contributed by atoms with van der Waals surface area (Å²) in [5.41, 5.74) is 0.909. The molecule has 1 aromatic heterocycles. The van der Waals surface area contributed by atoms with Gasteiger partial charge in [0.05, 0.1) is 12.1 Å². The first-order valence-electron chi connectivity index (χ1n) is 9.79. The molecule has 4 rings (SSSR count). The highest BCUT2D eigenvalue weighted by atomic mass is 35.5. The highest BCUT2D eigenvalue weighted by Gasteiger charge is 2.31. The van der Waals surface area contributed by atoms with Crippen molar-refractivity contribution < 1.29 is 27.2 Å². The van der Waals surface area contributed by atoms with E-state index in [0.29, 0.717) is 11.1 Å². The minimum atomic E-state index is -2.94. The van der Waals surface area contributed by atoms with Gasteiger partial charge in [-0.2, -0.15) is 0 Å². The molecule has 2 heterocycles. The van der Waals surface area contributed by atoms with Crippen molar-refractivity contribution >= 4 is 34.8 Å². The van der Waals surface area contributed by atoms with Gasteiger partial charge in [-0.15, -0.1) is 0 Å². The fourth-order valence-electron chi connectivity index (χ4n) is 3.63. The van der Waals surface area contributed by atoms with Gasteiger partial charge in [0, 0.05) is 16.8 Å². The van der Waals surface area contributed by atoms with Crippen LogP contribution in [0.3, 0.4) is 0 Å². The van der Waals surface area contributed by atoms with Crippen molar-refractivity contribution in [2.75, 3.05) is 16.8 Å². The second kappa shape index (κ2) is 9.19. The van der Waals surface area contributed by atoms with Crippen LogP contribution >= 0.6 is 11.6 Å². The first-order chi connectivity index (χ1) is 15.7. The van der Waals surface area contributed by atoms with Crippen molar-refractivity contribution in [2.24, 2.45) is 0 Å². The smallest absolute Gasteiger partial charge is 0.280 e. The molecule has 0 saturated heterocycles. The normalized spacial score (nSPS) is 13.1. The van der Waals surface area contributed by atoms with Crippen LogP contribution < -0.4 is 10.2 Å². The van der Waals surface area contributed by atoms with E-state index in [2.05, 4.69) is 10.3 Å². The molecule has 0 spiro atoms. The van der Waals surface area contributed by atoms with E-state index in [4.69, 9.17) is 11.6 Å². The van der Waals surface area contributed by atoms with Crippen LogP contribution in [0.4, 0.5) is 28.9 Å². The molecule has 0 radical (unpaired) electrons. The number of halogens is 5. The van der Waals surface area contributed by atoms with Crippen LogP contribution in [0.15, 0.2) is 54.6 Å². The number of nitrogens with zero attached hydrogens (tertiary/aromatic N) is 2. The van der Waals surface area contributed by atoms with Crippen LogP contribution in [0.1, 0.15) is 29.7 Å². The third-order valence-corrected chi connectivity index (χ3v) is 5.44. The number of anilines is 2. The summed E-state index contributed by atoms with van der Waals surface area (Å²) < 4.78 is 52.3. The fraction of sp³-hybridized carbons (Fsp3) is 0.174. The zero-order valence-electron chi connectivity index (χ0n) is 16.9. The topological polar surface area (TPSA) is 62.3 Å². The Morgan fingerprint density at radius 1 is 1.06 bits per heavy atom. The van der Waals surface area contributed by atoms with Crippen LogP contribution in [0, 0.1) is 0 Å². The lowest BCUT2D eigenvalue weighted by atomic mass is 9.99. The zero-order chi connectivity index (χ0) is 23.7. The number of nitrogens with one attached hydrogen (secondary N) is 1. The predicted molar refractivity (Wildman–Crippen MR) is 116 cm³/mol. The van der Waals surface area contributed by atoms with E-state index in [1.165, 1.54) is 24.3 Å². The summed E-state index contributed by atoms with van der Waals surface area (Å²) in [6, 6.07) is 12.9. The van der Waals surface area contributed by atoms with E-state index in [1.54, 1.807) is 24.3 Å². The Hall–Kier alpha value is -3.46. The van der Waals surface area contributed by atoms with Gasteiger partial charge in [0.1, 0.15) is 17.4 Å². The molecule has 2 amide bonds. The van der Waals surface area contributed by atoms with Gasteiger partial charge in [-0.1, -0.05) is 48.0 Å². The Labute approximate surface area is 191 Å². The van der Waals surface area contributed by atoms with Crippen molar-refractivity contribution in [1.29, 1.82) is 0 Å². The van der Waals surface area contributed by atoms with Crippen molar-refractivity contribution in [3.63, 3.8) is 0 Å². The molecule has 0 bridgehead atoms. The Morgan fingerprint density at radius 2 is 1.76 bits per heavy atom. The largest absolute Gasteiger partial charge is 0.325 e. The van der Waals surface area contributed by atoms with E-state index >= 15 is 0 Å². The second-order valence-corrected chi connectivity index (χ2v) is 7.68. The van der Waals surface area contributed by atoms with Gasteiger partial charge in [-0.3, -0.25) is 9.59 Å². The lowest BCUT2D eigenvalue weighted by Crippen LogP contribution is -2.38. The molecule has 0 saturated carbocycles.